The lowest BCUT2D eigenvalue weighted by atomic mass is 10.2. The van der Waals surface area contributed by atoms with Crippen LogP contribution in [0, 0.1) is 5.92 Å². The van der Waals surface area contributed by atoms with Gasteiger partial charge in [0.25, 0.3) is 0 Å². The second kappa shape index (κ2) is 5.31. The third-order valence-corrected chi connectivity index (χ3v) is 2.99. The summed E-state index contributed by atoms with van der Waals surface area (Å²) in [6.07, 6.45) is 1.96. The number of alkyl halides is 1. The Morgan fingerprint density at radius 2 is 1.88 bits per heavy atom. The molecule has 0 aromatic heterocycles. The molecule has 0 atom stereocenters. The van der Waals surface area contributed by atoms with Crippen molar-refractivity contribution < 1.29 is 9.59 Å². The Kier molecular flexibility index (Phi) is 3.78. The molecule has 2 rings (SSSR count). The molecule has 2 amide bonds. The van der Waals surface area contributed by atoms with Crippen molar-refractivity contribution in [2.45, 2.75) is 12.8 Å². The predicted molar refractivity (Wildman–Crippen MR) is 70.2 cm³/mol. The number of nitrogens with one attached hydrogen (secondary N) is 2. The molecule has 0 aliphatic heterocycles. The summed E-state index contributed by atoms with van der Waals surface area (Å²) < 4.78 is 0. The summed E-state index contributed by atoms with van der Waals surface area (Å²) in [6, 6.07) is 7.14. The van der Waals surface area contributed by atoms with Crippen LogP contribution in [0.25, 0.3) is 0 Å². The molecule has 0 bridgehead atoms. The molecular formula is C12H13BrN2O2. The average molecular weight is 297 g/mol. The summed E-state index contributed by atoms with van der Waals surface area (Å²) in [5.41, 5.74) is 1.40. The van der Waals surface area contributed by atoms with Crippen LogP contribution in [0.5, 0.6) is 0 Å². The Morgan fingerprint density at radius 3 is 2.47 bits per heavy atom. The van der Waals surface area contributed by atoms with Crippen molar-refractivity contribution >= 4 is 39.1 Å². The molecule has 17 heavy (non-hydrogen) atoms. The third kappa shape index (κ3) is 3.56. The van der Waals surface area contributed by atoms with E-state index >= 15 is 0 Å². The van der Waals surface area contributed by atoms with Gasteiger partial charge in [0, 0.05) is 17.3 Å². The summed E-state index contributed by atoms with van der Waals surface area (Å²) in [5, 5.41) is 5.80. The van der Waals surface area contributed by atoms with E-state index in [0.717, 1.165) is 12.8 Å². The van der Waals surface area contributed by atoms with E-state index in [0.29, 0.717) is 11.4 Å². The molecular weight excluding hydrogens is 284 g/mol. The monoisotopic (exact) mass is 296 g/mol. The van der Waals surface area contributed by atoms with Crippen LogP contribution < -0.4 is 10.6 Å². The highest BCUT2D eigenvalue weighted by Gasteiger charge is 2.29. The first-order valence-corrected chi connectivity index (χ1v) is 6.58. The summed E-state index contributed by atoms with van der Waals surface area (Å²) >= 11 is 3.08. The molecule has 1 aliphatic carbocycles. The summed E-state index contributed by atoms with van der Waals surface area (Å²) in [5.74, 6) is 0.125. The van der Waals surface area contributed by atoms with Gasteiger partial charge in [0.2, 0.25) is 11.8 Å². The largest absolute Gasteiger partial charge is 0.326 e. The zero-order valence-electron chi connectivity index (χ0n) is 9.20. The van der Waals surface area contributed by atoms with E-state index in [4.69, 9.17) is 0 Å². The molecule has 1 aliphatic rings. The molecule has 0 saturated heterocycles. The van der Waals surface area contributed by atoms with E-state index in [1.807, 2.05) is 6.07 Å². The van der Waals surface area contributed by atoms with Crippen LogP contribution in [-0.4, -0.2) is 17.1 Å². The number of carbonyl (C=O) groups excluding carboxylic acids is 2. The van der Waals surface area contributed by atoms with Gasteiger partial charge in [-0.25, -0.2) is 0 Å². The highest BCUT2D eigenvalue weighted by Crippen LogP contribution is 2.30. The van der Waals surface area contributed by atoms with Crippen LogP contribution in [0.2, 0.25) is 0 Å². The van der Waals surface area contributed by atoms with E-state index in [2.05, 4.69) is 26.6 Å². The topological polar surface area (TPSA) is 58.2 Å². The minimum atomic E-state index is -0.115. The first-order valence-electron chi connectivity index (χ1n) is 5.46. The number of hydrogen-bond acceptors (Lipinski definition) is 2. The summed E-state index contributed by atoms with van der Waals surface area (Å²) in [6.45, 7) is 0. The molecule has 1 aromatic rings. The second-order valence-electron chi connectivity index (χ2n) is 4.03. The Balaban J connectivity index is 2.00. The smallest absolute Gasteiger partial charge is 0.235 e. The second-order valence-corrected chi connectivity index (χ2v) is 4.59. The SMILES string of the molecule is O=C(CBr)Nc1cccc(NC(=O)C2CC2)c1. The maximum atomic E-state index is 11.6. The van der Waals surface area contributed by atoms with Gasteiger partial charge in [0.05, 0.1) is 5.33 Å². The van der Waals surface area contributed by atoms with Gasteiger partial charge >= 0.3 is 0 Å². The number of hydrogen-bond donors (Lipinski definition) is 2. The van der Waals surface area contributed by atoms with Gasteiger partial charge in [0.15, 0.2) is 0 Å². The molecule has 0 spiro atoms. The predicted octanol–water partition coefficient (Wildman–Crippen LogP) is 2.37. The molecule has 0 radical (unpaired) electrons. The van der Waals surface area contributed by atoms with E-state index in [1.54, 1.807) is 18.2 Å². The van der Waals surface area contributed by atoms with Gasteiger partial charge in [0.1, 0.15) is 0 Å². The average Bonchev–Trinajstić information content (AvgIpc) is 3.13. The number of benzene rings is 1. The molecule has 4 nitrogen and oxygen atoms in total. The highest BCUT2D eigenvalue weighted by atomic mass is 79.9. The van der Waals surface area contributed by atoms with Gasteiger partial charge in [-0.05, 0) is 31.0 Å². The van der Waals surface area contributed by atoms with Crippen LogP contribution in [0.3, 0.4) is 0 Å². The molecule has 90 valence electrons. The lowest BCUT2D eigenvalue weighted by molar-refractivity contribution is -0.117. The maximum Gasteiger partial charge on any atom is 0.235 e. The number of anilines is 2. The van der Waals surface area contributed by atoms with Crippen molar-refractivity contribution in [2.75, 3.05) is 16.0 Å². The lowest BCUT2D eigenvalue weighted by Crippen LogP contribution is -2.15. The molecule has 1 fully saturated rings. The van der Waals surface area contributed by atoms with Crippen LogP contribution in [0.4, 0.5) is 11.4 Å². The number of halogens is 1. The van der Waals surface area contributed by atoms with Crippen LogP contribution in [0.1, 0.15) is 12.8 Å². The number of carbonyl (C=O) groups is 2. The van der Waals surface area contributed by atoms with Crippen LogP contribution in [0.15, 0.2) is 24.3 Å². The van der Waals surface area contributed by atoms with Crippen molar-refractivity contribution in [1.29, 1.82) is 0 Å². The normalized spacial score (nSPS) is 14.2. The van der Waals surface area contributed by atoms with Gasteiger partial charge in [-0.3, -0.25) is 9.59 Å². The fraction of sp³-hybridized carbons (Fsp3) is 0.333. The van der Waals surface area contributed by atoms with Crippen molar-refractivity contribution in [1.82, 2.24) is 0 Å². The van der Waals surface area contributed by atoms with Gasteiger partial charge in [-0.15, -0.1) is 0 Å². The molecule has 1 aromatic carbocycles. The molecule has 5 heteroatoms. The number of amides is 2. The zero-order valence-corrected chi connectivity index (χ0v) is 10.8. The van der Waals surface area contributed by atoms with Crippen molar-refractivity contribution in [2.24, 2.45) is 5.92 Å². The van der Waals surface area contributed by atoms with E-state index in [-0.39, 0.29) is 23.1 Å². The van der Waals surface area contributed by atoms with Gasteiger partial charge in [-0.1, -0.05) is 22.0 Å². The minimum absolute atomic E-state index is 0.0639. The van der Waals surface area contributed by atoms with Crippen molar-refractivity contribution in [3.63, 3.8) is 0 Å². The molecule has 2 N–H and O–H groups in total. The molecule has 1 saturated carbocycles. The van der Waals surface area contributed by atoms with Crippen molar-refractivity contribution in [3.8, 4) is 0 Å². The standard InChI is InChI=1S/C12H13BrN2O2/c13-7-11(16)14-9-2-1-3-10(6-9)15-12(17)8-4-5-8/h1-3,6,8H,4-5,7H2,(H,14,16)(H,15,17). The Hall–Kier alpha value is -1.36. The first kappa shape index (κ1) is 12.1. The fourth-order valence-electron chi connectivity index (χ4n) is 1.46. The number of rotatable bonds is 4. The highest BCUT2D eigenvalue weighted by molar-refractivity contribution is 9.09. The summed E-state index contributed by atoms with van der Waals surface area (Å²) in [4.78, 5) is 22.7. The van der Waals surface area contributed by atoms with Gasteiger partial charge in [-0.2, -0.15) is 0 Å². The Bertz CT molecular complexity index is 444. The van der Waals surface area contributed by atoms with Crippen LogP contribution >= 0.6 is 15.9 Å². The molecule has 0 heterocycles. The maximum absolute atomic E-state index is 11.6. The summed E-state index contributed by atoms with van der Waals surface area (Å²) in [7, 11) is 0. The molecule has 0 unspecified atom stereocenters. The van der Waals surface area contributed by atoms with E-state index < -0.39 is 0 Å². The Morgan fingerprint density at radius 1 is 1.24 bits per heavy atom. The van der Waals surface area contributed by atoms with Gasteiger partial charge < -0.3 is 10.6 Å². The Labute approximate surface area is 108 Å². The van der Waals surface area contributed by atoms with E-state index in [1.165, 1.54) is 0 Å². The van der Waals surface area contributed by atoms with Crippen molar-refractivity contribution in [3.05, 3.63) is 24.3 Å². The third-order valence-electron chi connectivity index (χ3n) is 2.48. The first-order chi connectivity index (χ1) is 8.19. The van der Waals surface area contributed by atoms with E-state index in [9.17, 15) is 9.59 Å². The fourth-order valence-corrected chi connectivity index (χ4v) is 1.60. The zero-order chi connectivity index (χ0) is 12.3. The minimum Gasteiger partial charge on any atom is -0.326 e. The quantitative estimate of drug-likeness (QED) is 0.838. The lowest BCUT2D eigenvalue weighted by Gasteiger charge is -2.07. The van der Waals surface area contributed by atoms with Crippen LogP contribution in [-0.2, 0) is 9.59 Å².